The van der Waals surface area contributed by atoms with Crippen LogP contribution in [0.1, 0.15) is 38.4 Å². The number of nitrogens with zero attached hydrogens (tertiary/aromatic N) is 3. The van der Waals surface area contributed by atoms with Crippen molar-refractivity contribution in [3.05, 3.63) is 82.2 Å². The van der Waals surface area contributed by atoms with Gasteiger partial charge in [0.15, 0.2) is 0 Å². The molecule has 0 saturated heterocycles. The molecule has 2 N–H and O–H groups in total. The van der Waals surface area contributed by atoms with E-state index < -0.39 is 5.91 Å². The van der Waals surface area contributed by atoms with E-state index in [0.717, 1.165) is 34.6 Å². The minimum atomic E-state index is -0.424. The number of carbonyl (C=O) groups excluding carboxylic acids is 1. The molecule has 1 heterocycles. The van der Waals surface area contributed by atoms with E-state index >= 15 is 0 Å². The fraction of sp³-hybridized carbons (Fsp3) is 0.150. The fourth-order valence-electron chi connectivity index (χ4n) is 2.85. The number of hydrogen-bond acceptors (Lipinski definition) is 3. The summed E-state index contributed by atoms with van der Waals surface area (Å²) in [5.41, 5.74) is 11.6. The summed E-state index contributed by atoms with van der Waals surface area (Å²) in [6.45, 7) is 4.02. The molecule has 0 radical (unpaired) electrons. The molecule has 0 atom stereocenters. The van der Waals surface area contributed by atoms with Crippen molar-refractivity contribution in [3.63, 3.8) is 0 Å². The smallest absolute Gasteiger partial charge is 0.248 e. The zero-order chi connectivity index (χ0) is 18.0. The summed E-state index contributed by atoms with van der Waals surface area (Å²) in [5, 5.41) is 13.6. The second-order valence-corrected chi connectivity index (χ2v) is 5.96. The first-order chi connectivity index (χ1) is 12.0. The third-order valence-corrected chi connectivity index (χ3v) is 4.30. The van der Waals surface area contributed by atoms with E-state index in [0.29, 0.717) is 11.1 Å². The average molecular weight is 330 g/mol. The van der Waals surface area contributed by atoms with Crippen LogP contribution in [0.2, 0.25) is 0 Å². The molecule has 3 rings (SSSR count). The van der Waals surface area contributed by atoms with Gasteiger partial charge in [0, 0.05) is 23.2 Å². The molecule has 0 aliphatic rings. The number of benzene rings is 2. The summed E-state index contributed by atoms with van der Waals surface area (Å²) >= 11 is 0. The van der Waals surface area contributed by atoms with E-state index in [1.165, 1.54) is 0 Å². The number of nitriles is 1. The zero-order valence-corrected chi connectivity index (χ0v) is 14.2. The lowest BCUT2D eigenvalue weighted by molar-refractivity contribution is 0.100. The lowest BCUT2D eigenvalue weighted by Crippen LogP contribution is -2.10. The van der Waals surface area contributed by atoms with Crippen molar-refractivity contribution in [3.8, 4) is 11.8 Å². The minimum absolute atomic E-state index is 0.424. The largest absolute Gasteiger partial charge is 0.366 e. The van der Waals surface area contributed by atoms with Gasteiger partial charge in [-0.3, -0.25) is 4.79 Å². The molecule has 3 aromatic rings. The maximum Gasteiger partial charge on any atom is 0.248 e. The molecule has 1 aromatic heterocycles. The van der Waals surface area contributed by atoms with E-state index in [9.17, 15) is 4.79 Å². The highest BCUT2D eigenvalue weighted by Crippen LogP contribution is 2.21. The Bertz CT molecular complexity index is 961. The summed E-state index contributed by atoms with van der Waals surface area (Å²) in [7, 11) is 0. The van der Waals surface area contributed by atoms with Crippen LogP contribution >= 0.6 is 0 Å². The van der Waals surface area contributed by atoms with Crippen molar-refractivity contribution >= 4 is 5.91 Å². The van der Waals surface area contributed by atoms with Crippen molar-refractivity contribution in [1.82, 2.24) is 9.78 Å². The van der Waals surface area contributed by atoms with Gasteiger partial charge in [0.2, 0.25) is 5.91 Å². The average Bonchev–Trinajstić information content (AvgIpc) is 2.90. The molecule has 0 aliphatic carbocycles. The van der Waals surface area contributed by atoms with Crippen molar-refractivity contribution in [1.29, 1.82) is 5.26 Å². The van der Waals surface area contributed by atoms with E-state index in [1.54, 1.807) is 24.3 Å². The highest BCUT2D eigenvalue weighted by atomic mass is 16.1. The van der Waals surface area contributed by atoms with Crippen LogP contribution in [0.4, 0.5) is 0 Å². The van der Waals surface area contributed by atoms with Gasteiger partial charge < -0.3 is 5.73 Å². The van der Waals surface area contributed by atoms with E-state index in [-0.39, 0.29) is 0 Å². The van der Waals surface area contributed by atoms with Crippen LogP contribution in [0.3, 0.4) is 0 Å². The number of nitrogens with two attached hydrogens (primary N) is 1. The molecule has 1 amide bonds. The Kier molecular flexibility index (Phi) is 4.36. The zero-order valence-electron chi connectivity index (χ0n) is 14.2. The van der Waals surface area contributed by atoms with Gasteiger partial charge in [0.25, 0.3) is 0 Å². The third kappa shape index (κ3) is 3.29. The van der Waals surface area contributed by atoms with Crippen LogP contribution in [0, 0.1) is 25.2 Å². The van der Waals surface area contributed by atoms with Gasteiger partial charge in [0.05, 0.1) is 23.0 Å². The van der Waals surface area contributed by atoms with Crippen molar-refractivity contribution in [2.24, 2.45) is 5.73 Å². The molecule has 0 saturated carbocycles. The van der Waals surface area contributed by atoms with Gasteiger partial charge in [-0.2, -0.15) is 10.4 Å². The second kappa shape index (κ2) is 6.62. The van der Waals surface area contributed by atoms with Crippen molar-refractivity contribution in [2.75, 3.05) is 0 Å². The SMILES string of the molecule is Cc1nn(-c2ccc(C#N)cc2)c(C)c1Cc1ccc(C(N)=O)cc1. The van der Waals surface area contributed by atoms with E-state index in [1.807, 2.05) is 42.8 Å². The summed E-state index contributed by atoms with van der Waals surface area (Å²) in [4.78, 5) is 11.2. The Morgan fingerprint density at radius 1 is 1.12 bits per heavy atom. The molecular weight excluding hydrogens is 312 g/mol. The van der Waals surface area contributed by atoms with Crippen LogP contribution in [-0.4, -0.2) is 15.7 Å². The predicted octanol–water partition coefficient (Wildman–Crippen LogP) is 3.05. The Morgan fingerprint density at radius 3 is 2.32 bits per heavy atom. The molecule has 0 bridgehead atoms. The predicted molar refractivity (Wildman–Crippen MR) is 95.5 cm³/mol. The molecule has 2 aromatic carbocycles. The van der Waals surface area contributed by atoms with Gasteiger partial charge in [-0.1, -0.05) is 12.1 Å². The summed E-state index contributed by atoms with van der Waals surface area (Å²) in [6, 6.07) is 16.8. The number of aromatic nitrogens is 2. The number of amides is 1. The van der Waals surface area contributed by atoms with Crippen LogP contribution in [0.25, 0.3) is 5.69 Å². The van der Waals surface area contributed by atoms with Gasteiger partial charge >= 0.3 is 0 Å². The quantitative estimate of drug-likeness (QED) is 0.798. The van der Waals surface area contributed by atoms with Gasteiger partial charge in [-0.05, 0) is 55.8 Å². The first-order valence-electron chi connectivity index (χ1n) is 7.94. The lowest BCUT2D eigenvalue weighted by atomic mass is 10.0. The molecule has 0 aliphatic heterocycles. The molecule has 0 fully saturated rings. The van der Waals surface area contributed by atoms with Gasteiger partial charge in [-0.25, -0.2) is 4.68 Å². The Labute approximate surface area is 146 Å². The highest BCUT2D eigenvalue weighted by molar-refractivity contribution is 5.92. The summed E-state index contributed by atoms with van der Waals surface area (Å²) in [6.07, 6.45) is 0.729. The molecular formula is C20H18N4O. The number of rotatable bonds is 4. The standard InChI is InChI=1S/C20H18N4O/c1-13-19(11-15-3-7-17(8-4-15)20(22)25)14(2)24(23-13)18-9-5-16(12-21)6-10-18/h3-10H,11H2,1-2H3,(H2,22,25). The molecule has 0 unspecified atom stereocenters. The minimum Gasteiger partial charge on any atom is -0.366 e. The number of aryl methyl sites for hydroxylation is 1. The molecule has 5 nitrogen and oxygen atoms in total. The monoisotopic (exact) mass is 330 g/mol. The van der Waals surface area contributed by atoms with Crippen LogP contribution in [0.15, 0.2) is 48.5 Å². The maximum atomic E-state index is 11.2. The second-order valence-electron chi connectivity index (χ2n) is 5.96. The van der Waals surface area contributed by atoms with E-state index in [4.69, 9.17) is 11.0 Å². The van der Waals surface area contributed by atoms with E-state index in [2.05, 4.69) is 11.2 Å². The van der Waals surface area contributed by atoms with Crippen LogP contribution in [0.5, 0.6) is 0 Å². The fourth-order valence-corrected chi connectivity index (χ4v) is 2.85. The third-order valence-electron chi connectivity index (χ3n) is 4.30. The summed E-state index contributed by atoms with van der Waals surface area (Å²) < 4.78 is 1.89. The first kappa shape index (κ1) is 16.5. The van der Waals surface area contributed by atoms with Crippen LogP contribution in [-0.2, 0) is 6.42 Å². The Balaban J connectivity index is 1.91. The topological polar surface area (TPSA) is 84.7 Å². The maximum absolute atomic E-state index is 11.2. The van der Waals surface area contributed by atoms with Crippen LogP contribution < -0.4 is 5.73 Å². The normalized spacial score (nSPS) is 10.4. The molecule has 124 valence electrons. The number of primary amides is 1. The lowest BCUT2D eigenvalue weighted by Gasteiger charge is -2.06. The highest BCUT2D eigenvalue weighted by Gasteiger charge is 2.13. The molecule has 5 heteroatoms. The first-order valence-corrected chi connectivity index (χ1v) is 7.94. The molecule has 25 heavy (non-hydrogen) atoms. The van der Waals surface area contributed by atoms with Gasteiger partial charge in [0.1, 0.15) is 0 Å². The molecule has 0 spiro atoms. The number of carbonyl (C=O) groups is 1. The number of hydrogen-bond donors (Lipinski definition) is 1. The Morgan fingerprint density at radius 2 is 1.76 bits per heavy atom. The van der Waals surface area contributed by atoms with Gasteiger partial charge in [-0.15, -0.1) is 0 Å². The summed E-state index contributed by atoms with van der Waals surface area (Å²) in [5.74, 6) is -0.424. The van der Waals surface area contributed by atoms with Crippen molar-refractivity contribution < 1.29 is 4.79 Å². The Hall–Kier alpha value is -3.39. The van der Waals surface area contributed by atoms with Crippen molar-refractivity contribution in [2.45, 2.75) is 20.3 Å².